The minimum absolute atomic E-state index is 0.261. The number of aromatic amines is 2. The summed E-state index contributed by atoms with van der Waals surface area (Å²) in [6.07, 6.45) is 6.93. The van der Waals surface area contributed by atoms with Gasteiger partial charge in [-0.25, -0.2) is 24.8 Å². The van der Waals surface area contributed by atoms with E-state index in [1.54, 1.807) is 12.4 Å². The smallest absolute Gasteiger partial charge is 0.298 e. The van der Waals surface area contributed by atoms with E-state index in [9.17, 15) is 16.8 Å². The summed E-state index contributed by atoms with van der Waals surface area (Å²) < 4.78 is 57.3. The largest absolute Gasteiger partial charge is 0.370 e. The Labute approximate surface area is 295 Å². The molecule has 6 aromatic rings. The molecule has 0 radical (unpaired) electrons. The van der Waals surface area contributed by atoms with Gasteiger partial charge in [0.1, 0.15) is 0 Å². The number of aromatic nitrogens is 2. The van der Waals surface area contributed by atoms with Crippen LogP contribution in [0, 0.1) is 10.8 Å². The van der Waals surface area contributed by atoms with Crippen LogP contribution in [0.3, 0.4) is 0 Å². The molecule has 0 aliphatic heterocycles. The molecule has 0 saturated carbocycles. The first-order chi connectivity index (χ1) is 24.2. The lowest BCUT2D eigenvalue weighted by molar-refractivity contribution is 0.551. The summed E-state index contributed by atoms with van der Waals surface area (Å²) in [6.45, 7) is 2.65. The normalized spacial score (nSPS) is 12.6. The number of guanidine groups is 2. The molecule has 0 aliphatic carbocycles. The molecule has 17 heteroatoms. The number of nitrogens with zero attached hydrogens (tertiary/aromatic N) is 4. The number of benzene rings is 4. The van der Waals surface area contributed by atoms with Gasteiger partial charge in [-0.2, -0.15) is 0 Å². The molecule has 2 aromatic heterocycles. The highest BCUT2D eigenvalue weighted by molar-refractivity contribution is 7.93. The number of nitrogens with two attached hydrogens (primary N) is 2. The molecule has 51 heavy (non-hydrogen) atoms. The predicted molar refractivity (Wildman–Crippen MR) is 203 cm³/mol. The van der Waals surface area contributed by atoms with Crippen LogP contribution in [-0.2, 0) is 20.0 Å². The lowest BCUT2D eigenvalue weighted by atomic mass is 10.2. The van der Waals surface area contributed by atoms with Crippen LogP contribution in [0.25, 0.3) is 21.8 Å². The van der Waals surface area contributed by atoms with E-state index in [1.807, 2.05) is 60.9 Å². The zero-order valence-electron chi connectivity index (χ0n) is 27.4. The average Bonchev–Trinajstić information content (AvgIpc) is 3.70. The first-order valence-electron chi connectivity index (χ1n) is 15.4. The highest BCUT2D eigenvalue weighted by atomic mass is 32.2. The number of aliphatic imine (C=N–C) groups is 2. The SMILES string of the molecule is C[Si](C)(N(C(=N)N)S(=O)(=O)c1ccc(N=Cc2c[nH]c3ccccc23)cc1)N(C(=N)N)S(=O)(=O)c1ccc(N=Cc2c[nH]c3ccccc23)cc1. The third-order valence-corrected chi connectivity index (χ3v) is 17.8. The fourth-order valence-electron chi connectivity index (χ4n) is 5.83. The van der Waals surface area contributed by atoms with Crippen molar-refractivity contribution in [3.05, 3.63) is 121 Å². The molecule has 0 bridgehead atoms. The number of para-hydroxylation sites is 2. The maximum Gasteiger partial charge on any atom is 0.298 e. The molecule has 14 nitrogen and oxygen atoms in total. The summed E-state index contributed by atoms with van der Waals surface area (Å²) in [7, 11) is -13.4. The van der Waals surface area contributed by atoms with Crippen molar-refractivity contribution in [3.8, 4) is 0 Å². The third kappa shape index (κ3) is 6.64. The highest BCUT2D eigenvalue weighted by Crippen LogP contribution is 2.31. The van der Waals surface area contributed by atoms with Crippen molar-refractivity contribution < 1.29 is 16.8 Å². The van der Waals surface area contributed by atoms with Gasteiger partial charge in [0, 0.05) is 57.8 Å². The van der Waals surface area contributed by atoms with Crippen LogP contribution in [0.4, 0.5) is 11.4 Å². The Morgan fingerprint density at radius 1 is 0.627 bits per heavy atom. The van der Waals surface area contributed by atoms with Crippen LogP contribution in [0.1, 0.15) is 11.1 Å². The lowest BCUT2D eigenvalue weighted by Crippen LogP contribution is -2.69. The standard InChI is InChI=1S/C34H34N10O4S2Si/c1-51(2,43(33(35)36)49(45,46)27-15-11-25(12-16-27)39-19-23-21-41-31-9-5-3-7-29(23)31)44(34(37)38)50(47,48)28-17-13-26(14-18-28)40-20-24-22-42-32-10-6-4-8-30(24)32/h3-22,41-42H,1-2H3,(H3,35,36)(H3,37,38). The summed E-state index contributed by atoms with van der Waals surface area (Å²) in [5.74, 6) is -1.87. The molecule has 0 unspecified atom stereocenters. The Hall–Kier alpha value is -6.04. The summed E-state index contributed by atoms with van der Waals surface area (Å²) >= 11 is 0. The Balaban J connectivity index is 1.26. The molecule has 0 saturated heterocycles. The molecule has 4 aromatic carbocycles. The molecular weight excluding hydrogens is 705 g/mol. The summed E-state index contributed by atoms with van der Waals surface area (Å²) in [5, 5.41) is 18.5. The number of nitrogens with one attached hydrogen (secondary N) is 4. The molecule has 8 N–H and O–H groups in total. The van der Waals surface area contributed by atoms with Gasteiger partial charge in [0.15, 0.2) is 11.9 Å². The van der Waals surface area contributed by atoms with Crippen molar-refractivity contribution in [2.75, 3.05) is 0 Å². The van der Waals surface area contributed by atoms with E-state index in [-0.39, 0.29) is 9.79 Å². The second-order valence-electron chi connectivity index (χ2n) is 11.9. The van der Waals surface area contributed by atoms with Gasteiger partial charge in [-0.3, -0.25) is 20.8 Å². The average molecular weight is 739 g/mol. The Morgan fingerprint density at radius 3 is 1.33 bits per heavy atom. The zero-order valence-corrected chi connectivity index (χ0v) is 30.1. The summed E-state index contributed by atoms with van der Waals surface area (Å²) in [4.78, 5) is 14.7. The molecule has 0 atom stereocenters. The van der Waals surface area contributed by atoms with E-state index in [1.165, 1.54) is 61.6 Å². The zero-order chi connectivity index (χ0) is 36.6. The van der Waals surface area contributed by atoms with Crippen LogP contribution < -0.4 is 11.5 Å². The van der Waals surface area contributed by atoms with E-state index in [0.29, 0.717) is 19.3 Å². The van der Waals surface area contributed by atoms with Crippen molar-refractivity contribution in [3.63, 3.8) is 0 Å². The molecule has 0 aliphatic rings. The summed E-state index contributed by atoms with van der Waals surface area (Å²) in [6, 6.07) is 26.5. The van der Waals surface area contributed by atoms with Crippen LogP contribution in [0.5, 0.6) is 0 Å². The van der Waals surface area contributed by atoms with Crippen molar-refractivity contribution >= 4 is 86.0 Å². The molecule has 0 amide bonds. The van der Waals surface area contributed by atoms with Gasteiger partial charge < -0.3 is 21.4 Å². The molecule has 2 heterocycles. The van der Waals surface area contributed by atoms with Crippen molar-refractivity contribution in [1.29, 1.82) is 10.8 Å². The van der Waals surface area contributed by atoms with Gasteiger partial charge in [0.2, 0.25) is 0 Å². The molecule has 0 spiro atoms. The minimum atomic E-state index is -4.63. The van der Waals surface area contributed by atoms with Crippen LogP contribution in [0.2, 0.25) is 13.1 Å². The maximum absolute atomic E-state index is 14.1. The highest BCUT2D eigenvalue weighted by Gasteiger charge is 2.51. The topological polar surface area (TPSA) is 231 Å². The van der Waals surface area contributed by atoms with Gasteiger partial charge in [-0.1, -0.05) is 36.4 Å². The van der Waals surface area contributed by atoms with Crippen LogP contribution in [0.15, 0.2) is 129 Å². The molecule has 260 valence electrons. The number of hydrogen-bond acceptors (Lipinski definition) is 8. The Kier molecular flexibility index (Phi) is 9.11. The monoisotopic (exact) mass is 738 g/mol. The van der Waals surface area contributed by atoms with Gasteiger partial charge in [-0.15, -0.1) is 0 Å². The summed E-state index contributed by atoms with van der Waals surface area (Å²) in [5.41, 5.74) is 16.2. The number of fused-ring (bicyclic) bond motifs is 2. The number of rotatable bonds is 10. The van der Waals surface area contributed by atoms with E-state index in [4.69, 9.17) is 22.3 Å². The van der Waals surface area contributed by atoms with Crippen LogP contribution in [-0.4, -0.2) is 67.5 Å². The molecule has 0 fully saturated rings. The van der Waals surface area contributed by atoms with Crippen molar-refractivity contribution in [2.24, 2.45) is 21.5 Å². The number of hydrogen-bond donors (Lipinski definition) is 6. The first-order valence-corrected chi connectivity index (χ1v) is 21.2. The third-order valence-electron chi connectivity index (χ3n) is 8.13. The van der Waals surface area contributed by atoms with E-state index in [2.05, 4.69) is 20.0 Å². The van der Waals surface area contributed by atoms with E-state index >= 15 is 0 Å². The van der Waals surface area contributed by atoms with Gasteiger partial charge in [-0.05, 0) is 73.8 Å². The molecular formula is C34H34N10O4S2Si. The van der Waals surface area contributed by atoms with Gasteiger partial charge in [0.25, 0.3) is 28.4 Å². The van der Waals surface area contributed by atoms with Crippen molar-refractivity contribution in [1.82, 2.24) is 17.9 Å². The molecule has 6 rings (SSSR count). The van der Waals surface area contributed by atoms with Gasteiger partial charge >= 0.3 is 0 Å². The Bertz CT molecular complexity index is 2380. The first kappa shape index (κ1) is 34.8. The van der Waals surface area contributed by atoms with E-state index in [0.717, 1.165) is 32.9 Å². The van der Waals surface area contributed by atoms with Gasteiger partial charge in [0.05, 0.1) is 21.2 Å². The Morgan fingerprint density at radius 2 is 0.980 bits per heavy atom. The fourth-order valence-corrected chi connectivity index (χ4v) is 15.1. The van der Waals surface area contributed by atoms with E-state index < -0.39 is 40.4 Å². The number of H-pyrrole nitrogens is 2. The van der Waals surface area contributed by atoms with Crippen molar-refractivity contribution in [2.45, 2.75) is 22.9 Å². The lowest BCUT2D eigenvalue weighted by Gasteiger charge is -2.42. The fraction of sp³-hybridized carbons (Fsp3) is 0.0588. The quantitative estimate of drug-likeness (QED) is 0.0618. The predicted octanol–water partition coefficient (Wildman–Crippen LogP) is 5.32. The second-order valence-corrected chi connectivity index (χ2v) is 20.0. The number of sulfonamides is 2. The second kappa shape index (κ2) is 13.3. The minimum Gasteiger partial charge on any atom is -0.370 e. The van der Waals surface area contributed by atoms with Crippen LogP contribution >= 0.6 is 0 Å². The maximum atomic E-state index is 14.1.